The van der Waals surface area contributed by atoms with Gasteiger partial charge in [-0.15, -0.1) is 15.6 Å². The average Bonchev–Trinajstić information content (AvgIpc) is 3.23. The molecule has 0 saturated heterocycles. The Labute approximate surface area is 200 Å². The molecule has 1 heterocycles. The summed E-state index contributed by atoms with van der Waals surface area (Å²) >= 11 is 7.32. The zero-order valence-electron chi connectivity index (χ0n) is 18.0. The van der Waals surface area contributed by atoms with Crippen LogP contribution in [0.2, 0.25) is 5.02 Å². The Balaban J connectivity index is 1.99. The van der Waals surface area contributed by atoms with Gasteiger partial charge in [0.25, 0.3) is 10.0 Å². The fourth-order valence-electron chi connectivity index (χ4n) is 2.77. The first-order valence-electron chi connectivity index (χ1n) is 9.63. The Morgan fingerprint density at radius 2 is 1.94 bits per heavy atom. The number of halogens is 2. The summed E-state index contributed by atoms with van der Waals surface area (Å²) in [6.07, 6.45) is -1.95. The first-order valence-corrected chi connectivity index (χ1v) is 12.4. The lowest BCUT2D eigenvalue weighted by Crippen LogP contribution is -2.41. The monoisotopic (exact) mass is 512 g/mol. The molecule has 1 atom stereocenters. The predicted octanol–water partition coefficient (Wildman–Crippen LogP) is 5.14. The van der Waals surface area contributed by atoms with E-state index < -0.39 is 38.6 Å². The zero-order valence-corrected chi connectivity index (χ0v) is 20.3. The number of thiazole rings is 1. The Morgan fingerprint density at radius 3 is 2.52 bits per heavy atom. The molecular formula is C21H22ClFN4O4S2. The number of sulfonamides is 1. The normalized spacial score (nSPS) is 12.8. The number of nitrogens with one attached hydrogen (secondary N) is 1. The number of rotatable bonds is 6. The van der Waals surface area contributed by atoms with Crippen molar-refractivity contribution in [3.05, 3.63) is 69.8 Å². The zero-order chi connectivity index (χ0) is 24.4. The van der Waals surface area contributed by atoms with Crippen molar-refractivity contribution in [2.75, 3.05) is 9.62 Å². The van der Waals surface area contributed by atoms with Gasteiger partial charge in [-0.25, -0.2) is 22.6 Å². The number of aromatic nitrogens is 1. The summed E-state index contributed by atoms with van der Waals surface area (Å²) in [5.74, 6) is -1.36. The van der Waals surface area contributed by atoms with Gasteiger partial charge in [0.15, 0.2) is 5.82 Å². The fraction of sp³-hybridized carbons (Fsp3) is 0.238. The van der Waals surface area contributed by atoms with Crippen LogP contribution in [0.3, 0.4) is 0 Å². The minimum absolute atomic E-state index is 0.0851. The molecule has 0 aliphatic carbocycles. The molecule has 0 spiro atoms. The number of ether oxygens (including phenoxy) is 1. The highest BCUT2D eigenvalue weighted by molar-refractivity contribution is 7.93. The minimum Gasteiger partial charge on any atom is -0.443 e. The highest BCUT2D eigenvalue weighted by Gasteiger charge is 2.38. The summed E-state index contributed by atoms with van der Waals surface area (Å²) in [4.78, 5) is 15.8. The topological polar surface area (TPSA) is 115 Å². The molecule has 33 heavy (non-hydrogen) atoms. The van der Waals surface area contributed by atoms with E-state index >= 15 is 4.39 Å². The first-order chi connectivity index (χ1) is 15.4. The quantitative estimate of drug-likeness (QED) is 0.439. The van der Waals surface area contributed by atoms with E-state index in [-0.39, 0.29) is 16.5 Å². The lowest BCUT2D eigenvalue weighted by molar-refractivity contribution is 0.0608. The van der Waals surface area contributed by atoms with Gasteiger partial charge in [-0.3, -0.25) is 0 Å². The number of hydrogen-bond donors (Lipinski definition) is 2. The summed E-state index contributed by atoms with van der Waals surface area (Å²) < 4.78 is 47.3. The van der Waals surface area contributed by atoms with E-state index in [1.54, 1.807) is 45.0 Å². The van der Waals surface area contributed by atoms with Gasteiger partial charge >= 0.3 is 6.09 Å². The number of nitrogens with zero attached hydrogens (tertiary/aromatic N) is 2. The van der Waals surface area contributed by atoms with Crippen molar-refractivity contribution in [3.8, 4) is 0 Å². The number of amides is 1. The van der Waals surface area contributed by atoms with Crippen LogP contribution in [-0.2, 0) is 14.8 Å². The molecule has 0 saturated carbocycles. The van der Waals surface area contributed by atoms with Crippen LogP contribution < -0.4 is 15.4 Å². The summed E-state index contributed by atoms with van der Waals surface area (Å²) in [6.45, 7) is 4.72. The van der Waals surface area contributed by atoms with Crippen molar-refractivity contribution in [2.45, 2.75) is 37.4 Å². The Hall–Kier alpha value is -2.73. The highest BCUT2D eigenvalue weighted by atomic mass is 35.5. The van der Waals surface area contributed by atoms with Crippen LogP contribution in [0.5, 0.6) is 0 Å². The van der Waals surface area contributed by atoms with E-state index in [9.17, 15) is 13.2 Å². The molecule has 3 N–H and O–H groups in total. The van der Waals surface area contributed by atoms with Crippen molar-refractivity contribution in [1.29, 1.82) is 0 Å². The smallest absolute Gasteiger partial charge is 0.430 e. The molecule has 8 nitrogen and oxygen atoms in total. The number of anilines is 2. The standard InChI is InChI=1S/C21H22ClFN4O4S2/c1-21(2,3)31-20(28)27(18-11-32-12-25-18)33(29,30)17-9-14(22)16(10-15(17)23)26-19(24)13-7-5-4-6-8-13/h4-12,19,26H,24H2,1-3H3/t19-/m1/s1. The van der Waals surface area contributed by atoms with E-state index in [2.05, 4.69) is 10.3 Å². The van der Waals surface area contributed by atoms with E-state index in [1.165, 1.54) is 10.9 Å². The van der Waals surface area contributed by atoms with Crippen LogP contribution in [0.4, 0.5) is 20.7 Å². The number of hydrogen-bond acceptors (Lipinski definition) is 8. The maximum Gasteiger partial charge on any atom is 0.430 e. The van der Waals surface area contributed by atoms with Crippen LogP contribution in [0.25, 0.3) is 0 Å². The van der Waals surface area contributed by atoms with E-state index in [0.29, 0.717) is 9.87 Å². The third-order valence-corrected chi connectivity index (χ3v) is 6.77. The van der Waals surface area contributed by atoms with Gasteiger partial charge in [0.1, 0.15) is 22.5 Å². The molecule has 3 rings (SSSR count). The van der Waals surface area contributed by atoms with E-state index in [4.69, 9.17) is 22.1 Å². The number of nitrogens with two attached hydrogens (primary N) is 1. The second-order valence-electron chi connectivity index (χ2n) is 7.89. The molecule has 0 unspecified atom stereocenters. The van der Waals surface area contributed by atoms with Gasteiger partial charge in [-0.05, 0) is 38.5 Å². The van der Waals surface area contributed by atoms with Crippen molar-refractivity contribution >= 4 is 50.6 Å². The van der Waals surface area contributed by atoms with Crippen LogP contribution >= 0.6 is 22.9 Å². The summed E-state index contributed by atoms with van der Waals surface area (Å²) in [5, 5.41) is 4.07. The Morgan fingerprint density at radius 1 is 1.27 bits per heavy atom. The molecule has 176 valence electrons. The molecule has 0 aliphatic heterocycles. The second kappa shape index (κ2) is 9.64. The molecule has 0 aliphatic rings. The second-order valence-corrected chi connectivity index (χ2v) is 10.8. The largest absolute Gasteiger partial charge is 0.443 e. The average molecular weight is 513 g/mol. The molecule has 1 aromatic heterocycles. The summed E-state index contributed by atoms with van der Waals surface area (Å²) in [5.41, 5.74) is 7.23. The van der Waals surface area contributed by atoms with Crippen molar-refractivity contribution < 1.29 is 22.3 Å². The molecule has 3 aromatic rings. The molecular weight excluding hydrogens is 491 g/mol. The molecule has 0 radical (unpaired) electrons. The Bertz CT molecular complexity index is 1230. The van der Waals surface area contributed by atoms with Crippen LogP contribution in [0, 0.1) is 5.82 Å². The van der Waals surface area contributed by atoms with Gasteiger partial charge < -0.3 is 15.8 Å². The number of benzene rings is 2. The van der Waals surface area contributed by atoms with Gasteiger partial charge in [-0.2, -0.15) is 0 Å². The maximum atomic E-state index is 15.1. The summed E-state index contributed by atoms with van der Waals surface area (Å²) in [6, 6.07) is 10.8. The molecule has 2 aromatic carbocycles. The Kier molecular flexibility index (Phi) is 7.27. The van der Waals surface area contributed by atoms with E-state index in [0.717, 1.165) is 23.5 Å². The first kappa shape index (κ1) is 24.9. The van der Waals surface area contributed by atoms with Gasteiger partial charge in [0.2, 0.25) is 0 Å². The van der Waals surface area contributed by atoms with Crippen LogP contribution in [0.15, 0.2) is 58.3 Å². The van der Waals surface area contributed by atoms with Crippen molar-refractivity contribution in [2.24, 2.45) is 5.73 Å². The minimum atomic E-state index is -4.76. The molecule has 0 bridgehead atoms. The lowest BCUT2D eigenvalue weighted by atomic mass is 10.1. The fourth-order valence-corrected chi connectivity index (χ4v) is 4.99. The van der Waals surface area contributed by atoms with Gasteiger partial charge in [-0.1, -0.05) is 41.9 Å². The predicted molar refractivity (Wildman–Crippen MR) is 126 cm³/mol. The van der Waals surface area contributed by atoms with E-state index in [1.807, 2.05) is 6.07 Å². The lowest BCUT2D eigenvalue weighted by Gasteiger charge is -2.26. The third kappa shape index (κ3) is 5.80. The van der Waals surface area contributed by atoms with Crippen LogP contribution in [0.1, 0.15) is 32.5 Å². The van der Waals surface area contributed by atoms with Gasteiger partial charge in [0.05, 0.1) is 16.2 Å². The molecule has 12 heteroatoms. The number of carbonyl (C=O) groups excluding carboxylic acids is 1. The molecule has 1 amide bonds. The SMILES string of the molecule is CC(C)(C)OC(=O)N(c1cscn1)S(=O)(=O)c1cc(Cl)c(N[C@@H](N)c2ccccc2)cc1F. The number of carbonyl (C=O) groups is 1. The third-order valence-electron chi connectivity index (χ3n) is 4.20. The highest BCUT2D eigenvalue weighted by Crippen LogP contribution is 2.33. The molecule has 0 fully saturated rings. The summed E-state index contributed by atoms with van der Waals surface area (Å²) in [7, 11) is -4.76. The van der Waals surface area contributed by atoms with Crippen molar-refractivity contribution in [3.63, 3.8) is 0 Å². The maximum absolute atomic E-state index is 15.1. The van der Waals surface area contributed by atoms with Crippen molar-refractivity contribution in [1.82, 2.24) is 4.98 Å². The van der Waals surface area contributed by atoms with Crippen LogP contribution in [-0.4, -0.2) is 25.1 Å². The van der Waals surface area contributed by atoms with Gasteiger partial charge in [0, 0.05) is 5.38 Å².